The molecule has 1 aromatic heterocycles. The first-order valence-electron chi connectivity index (χ1n) is 6.99. The Kier molecular flexibility index (Phi) is 4.32. The number of hydrogen-bond acceptors (Lipinski definition) is 2. The molecule has 1 aliphatic carbocycles. The normalized spacial score (nSPS) is 16.3. The largest absolute Gasteiger partial charge is 0.325 e. The molecule has 0 amide bonds. The van der Waals surface area contributed by atoms with Gasteiger partial charge in [0, 0.05) is 27.9 Å². The Bertz CT molecular complexity index is 591. The molecule has 20 heavy (non-hydrogen) atoms. The van der Waals surface area contributed by atoms with E-state index in [0.29, 0.717) is 11.1 Å². The SMILES string of the molecule is Clc1ccc(Br)c(Nc2nccn2C2CCCCC2)c1. The van der Waals surface area contributed by atoms with Gasteiger partial charge in [-0.1, -0.05) is 30.9 Å². The van der Waals surface area contributed by atoms with E-state index in [9.17, 15) is 0 Å². The lowest BCUT2D eigenvalue weighted by atomic mass is 9.95. The van der Waals surface area contributed by atoms with Crippen molar-refractivity contribution in [2.24, 2.45) is 0 Å². The summed E-state index contributed by atoms with van der Waals surface area (Å²) in [6, 6.07) is 6.28. The summed E-state index contributed by atoms with van der Waals surface area (Å²) in [6.45, 7) is 0. The molecular weight excluding hydrogens is 338 g/mol. The van der Waals surface area contributed by atoms with Crippen LogP contribution in [0.2, 0.25) is 5.02 Å². The zero-order chi connectivity index (χ0) is 13.9. The van der Waals surface area contributed by atoms with Crippen LogP contribution in [0, 0.1) is 0 Å². The molecule has 3 rings (SSSR count). The summed E-state index contributed by atoms with van der Waals surface area (Å²) in [5.41, 5.74) is 0.945. The molecule has 0 unspecified atom stereocenters. The van der Waals surface area contributed by atoms with Gasteiger partial charge in [0.1, 0.15) is 0 Å². The van der Waals surface area contributed by atoms with E-state index in [1.54, 1.807) is 0 Å². The van der Waals surface area contributed by atoms with Gasteiger partial charge in [0.05, 0.1) is 5.69 Å². The highest BCUT2D eigenvalue weighted by atomic mass is 79.9. The Morgan fingerprint density at radius 1 is 1.25 bits per heavy atom. The summed E-state index contributed by atoms with van der Waals surface area (Å²) in [4.78, 5) is 4.45. The number of halogens is 2. The summed E-state index contributed by atoms with van der Waals surface area (Å²) in [5, 5.41) is 4.09. The maximum atomic E-state index is 6.06. The van der Waals surface area contributed by atoms with Crippen molar-refractivity contribution >= 4 is 39.2 Å². The number of benzene rings is 1. The van der Waals surface area contributed by atoms with Crippen LogP contribution in [-0.2, 0) is 0 Å². The van der Waals surface area contributed by atoms with Crippen LogP contribution < -0.4 is 5.32 Å². The van der Waals surface area contributed by atoms with Crippen LogP contribution in [0.1, 0.15) is 38.1 Å². The van der Waals surface area contributed by atoms with Crippen molar-refractivity contribution in [2.45, 2.75) is 38.1 Å². The molecule has 1 heterocycles. The molecule has 0 spiro atoms. The van der Waals surface area contributed by atoms with Gasteiger partial charge in [0.15, 0.2) is 0 Å². The van der Waals surface area contributed by atoms with Crippen LogP contribution in [-0.4, -0.2) is 9.55 Å². The number of nitrogens with zero attached hydrogens (tertiary/aromatic N) is 2. The first-order chi connectivity index (χ1) is 9.74. The number of hydrogen-bond donors (Lipinski definition) is 1. The lowest BCUT2D eigenvalue weighted by Gasteiger charge is -2.25. The number of nitrogens with one attached hydrogen (secondary N) is 1. The molecule has 0 saturated heterocycles. The summed E-state index contributed by atoms with van der Waals surface area (Å²) in [5.74, 6) is 0.889. The lowest BCUT2D eigenvalue weighted by Crippen LogP contribution is -2.14. The van der Waals surface area contributed by atoms with Gasteiger partial charge in [0.25, 0.3) is 0 Å². The molecule has 1 aliphatic rings. The average Bonchev–Trinajstić information content (AvgIpc) is 2.92. The van der Waals surface area contributed by atoms with Crippen molar-refractivity contribution in [3.63, 3.8) is 0 Å². The molecule has 0 radical (unpaired) electrons. The van der Waals surface area contributed by atoms with Crippen molar-refractivity contribution in [3.05, 3.63) is 40.1 Å². The smallest absolute Gasteiger partial charge is 0.207 e. The Morgan fingerprint density at radius 2 is 2.05 bits per heavy atom. The highest BCUT2D eigenvalue weighted by molar-refractivity contribution is 9.10. The number of anilines is 2. The lowest BCUT2D eigenvalue weighted by molar-refractivity contribution is 0.356. The van der Waals surface area contributed by atoms with Gasteiger partial charge in [-0.2, -0.15) is 0 Å². The summed E-state index contributed by atoms with van der Waals surface area (Å²) >= 11 is 9.60. The molecule has 0 aliphatic heterocycles. The molecular formula is C15H17BrClN3. The van der Waals surface area contributed by atoms with Gasteiger partial charge in [-0.3, -0.25) is 0 Å². The fraction of sp³-hybridized carbons (Fsp3) is 0.400. The topological polar surface area (TPSA) is 29.9 Å². The minimum Gasteiger partial charge on any atom is -0.325 e. The van der Waals surface area contributed by atoms with Crippen LogP contribution in [0.5, 0.6) is 0 Å². The quantitative estimate of drug-likeness (QED) is 0.783. The fourth-order valence-electron chi connectivity index (χ4n) is 2.78. The van der Waals surface area contributed by atoms with E-state index < -0.39 is 0 Å². The van der Waals surface area contributed by atoms with Crippen LogP contribution >= 0.6 is 27.5 Å². The molecule has 106 valence electrons. The van der Waals surface area contributed by atoms with Crippen LogP contribution in [0.4, 0.5) is 11.6 Å². The Labute approximate surface area is 132 Å². The number of rotatable bonds is 3. The van der Waals surface area contributed by atoms with E-state index in [2.05, 4.69) is 37.0 Å². The fourth-order valence-corrected chi connectivity index (χ4v) is 3.30. The van der Waals surface area contributed by atoms with Crippen LogP contribution in [0.15, 0.2) is 35.1 Å². The minimum absolute atomic E-state index is 0.562. The molecule has 1 N–H and O–H groups in total. The van der Waals surface area contributed by atoms with E-state index in [0.717, 1.165) is 16.1 Å². The number of aromatic nitrogens is 2. The second-order valence-corrected chi connectivity index (χ2v) is 6.49. The van der Waals surface area contributed by atoms with Crippen molar-refractivity contribution in [1.82, 2.24) is 9.55 Å². The molecule has 5 heteroatoms. The Balaban J connectivity index is 1.84. The summed E-state index contributed by atoms with van der Waals surface area (Å²) in [6.07, 6.45) is 10.4. The van der Waals surface area contributed by atoms with E-state index in [1.165, 1.54) is 32.1 Å². The molecule has 1 aromatic carbocycles. The van der Waals surface area contributed by atoms with Crippen LogP contribution in [0.25, 0.3) is 0 Å². The Hall–Kier alpha value is -1.00. The third-order valence-electron chi connectivity index (χ3n) is 3.81. The van der Waals surface area contributed by atoms with Crippen molar-refractivity contribution in [3.8, 4) is 0 Å². The molecule has 0 bridgehead atoms. The van der Waals surface area contributed by atoms with Gasteiger partial charge >= 0.3 is 0 Å². The van der Waals surface area contributed by atoms with E-state index in [4.69, 9.17) is 11.6 Å². The molecule has 0 atom stereocenters. The van der Waals surface area contributed by atoms with E-state index >= 15 is 0 Å². The second kappa shape index (κ2) is 6.19. The third kappa shape index (κ3) is 3.01. The standard InChI is InChI=1S/C15H17BrClN3/c16-13-7-6-11(17)10-14(13)19-15-18-8-9-20(15)12-4-2-1-3-5-12/h6-10,12H,1-5H2,(H,18,19). The predicted octanol–water partition coefficient (Wildman–Crippen LogP) is 5.55. The van der Waals surface area contributed by atoms with E-state index in [-0.39, 0.29) is 0 Å². The summed E-state index contributed by atoms with van der Waals surface area (Å²) < 4.78 is 3.24. The molecule has 3 nitrogen and oxygen atoms in total. The monoisotopic (exact) mass is 353 g/mol. The molecule has 1 saturated carbocycles. The first-order valence-corrected chi connectivity index (χ1v) is 8.16. The highest BCUT2D eigenvalue weighted by Gasteiger charge is 2.18. The second-order valence-electron chi connectivity index (χ2n) is 5.20. The number of imidazole rings is 1. The molecule has 2 aromatic rings. The first kappa shape index (κ1) is 14.0. The van der Waals surface area contributed by atoms with Crippen molar-refractivity contribution in [2.75, 3.05) is 5.32 Å². The average molecular weight is 355 g/mol. The van der Waals surface area contributed by atoms with Gasteiger partial charge in [-0.05, 0) is 47.0 Å². The van der Waals surface area contributed by atoms with Crippen LogP contribution in [0.3, 0.4) is 0 Å². The minimum atomic E-state index is 0.562. The van der Waals surface area contributed by atoms with Gasteiger partial charge in [-0.25, -0.2) is 4.98 Å². The van der Waals surface area contributed by atoms with Gasteiger partial charge in [0.2, 0.25) is 5.95 Å². The van der Waals surface area contributed by atoms with Crippen molar-refractivity contribution < 1.29 is 0 Å². The molecule has 1 fully saturated rings. The highest BCUT2D eigenvalue weighted by Crippen LogP contribution is 2.33. The Morgan fingerprint density at radius 3 is 2.85 bits per heavy atom. The maximum Gasteiger partial charge on any atom is 0.207 e. The van der Waals surface area contributed by atoms with Gasteiger partial charge in [-0.15, -0.1) is 0 Å². The van der Waals surface area contributed by atoms with Crippen molar-refractivity contribution in [1.29, 1.82) is 0 Å². The maximum absolute atomic E-state index is 6.06. The summed E-state index contributed by atoms with van der Waals surface area (Å²) in [7, 11) is 0. The van der Waals surface area contributed by atoms with Gasteiger partial charge < -0.3 is 9.88 Å². The zero-order valence-corrected chi connectivity index (χ0v) is 13.5. The third-order valence-corrected chi connectivity index (χ3v) is 4.74. The zero-order valence-electron chi connectivity index (χ0n) is 11.1. The van der Waals surface area contributed by atoms with E-state index in [1.807, 2.05) is 24.4 Å². The predicted molar refractivity (Wildman–Crippen MR) is 86.8 cm³/mol.